The van der Waals surface area contributed by atoms with E-state index in [0.717, 1.165) is 12.1 Å². The number of rotatable bonds is 5. The molecular weight excluding hydrogens is 417 g/mol. The maximum atomic E-state index is 12.4. The molecular formula is C20H13F3N4O4. The van der Waals surface area contributed by atoms with Crippen molar-refractivity contribution in [3.8, 4) is 17.2 Å². The molecule has 4 rings (SSSR count). The number of carbonyl (C=O) groups excluding carboxylic acids is 1. The van der Waals surface area contributed by atoms with Crippen molar-refractivity contribution >= 4 is 22.8 Å². The zero-order valence-electron chi connectivity index (χ0n) is 15.5. The molecule has 4 aromatic rings. The molecule has 0 fully saturated rings. The number of ether oxygens (including phenoxy) is 2. The summed E-state index contributed by atoms with van der Waals surface area (Å²) in [5, 5.41) is 2.58. The molecule has 0 atom stereocenters. The van der Waals surface area contributed by atoms with Crippen LogP contribution in [0.25, 0.3) is 11.2 Å². The van der Waals surface area contributed by atoms with Crippen LogP contribution in [-0.4, -0.2) is 27.2 Å². The molecule has 31 heavy (non-hydrogen) atoms. The number of hydrogen-bond acceptors (Lipinski definition) is 5. The number of halogens is 3. The van der Waals surface area contributed by atoms with Crippen molar-refractivity contribution in [3.63, 3.8) is 0 Å². The van der Waals surface area contributed by atoms with Crippen molar-refractivity contribution in [2.45, 2.75) is 6.36 Å². The number of H-pyrrole nitrogens is 2. The number of carbonyl (C=O) groups is 1. The van der Waals surface area contributed by atoms with Gasteiger partial charge in [0.05, 0.1) is 0 Å². The van der Waals surface area contributed by atoms with Crippen LogP contribution in [0.15, 0.2) is 65.6 Å². The van der Waals surface area contributed by atoms with Gasteiger partial charge < -0.3 is 19.8 Å². The van der Waals surface area contributed by atoms with Gasteiger partial charge in [-0.3, -0.25) is 9.78 Å². The molecule has 0 aliphatic carbocycles. The Morgan fingerprint density at radius 1 is 1.00 bits per heavy atom. The predicted octanol–water partition coefficient (Wildman–Crippen LogP) is 4.19. The van der Waals surface area contributed by atoms with E-state index in [0.29, 0.717) is 28.4 Å². The number of pyridine rings is 1. The van der Waals surface area contributed by atoms with E-state index in [9.17, 15) is 22.8 Å². The van der Waals surface area contributed by atoms with Crippen LogP contribution in [-0.2, 0) is 0 Å². The van der Waals surface area contributed by atoms with Crippen LogP contribution in [0.4, 0.5) is 18.9 Å². The van der Waals surface area contributed by atoms with Crippen LogP contribution in [0.2, 0.25) is 0 Å². The SMILES string of the molecule is O=C(Nc1cccc(Oc2ccnc3[nH]c(=O)[nH]c23)c1)c1cccc(OC(F)(F)F)c1. The minimum atomic E-state index is -4.86. The summed E-state index contributed by atoms with van der Waals surface area (Å²) in [5.74, 6) is -0.448. The fourth-order valence-corrected chi connectivity index (χ4v) is 2.80. The molecule has 0 saturated heterocycles. The molecule has 0 unspecified atom stereocenters. The Kier molecular flexibility index (Phi) is 5.07. The van der Waals surface area contributed by atoms with Gasteiger partial charge in [-0.1, -0.05) is 12.1 Å². The summed E-state index contributed by atoms with van der Waals surface area (Å²) in [4.78, 5) is 33.0. The van der Waals surface area contributed by atoms with Crippen LogP contribution >= 0.6 is 0 Å². The largest absolute Gasteiger partial charge is 0.573 e. The molecule has 0 bridgehead atoms. The number of fused-ring (bicyclic) bond motifs is 1. The topological polar surface area (TPSA) is 109 Å². The van der Waals surface area contributed by atoms with Gasteiger partial charge in [0.1, 0.15) is 17.0 Å². The molecule has 2 heterocycles. The zero-order chi connectivity index (χ0) is 22.0. The highest BCUT2D eigenvalue weighted by Gasteiger charge is 2.31. The molecule has 0 saturated carbocycles. The summed E-state index contributed by atoms with van der Waals surface area (Å²) >= 11 is 0. The van der Waals surface area contributed by atoms with Gasteiger partial charge in [0.25, 0.3) is 5.91 Å². The van der Waals surface area contributed by atoms with Crippen molar-refractivity contribution in [2.75, 3.05) is 5.32 Å². The third kappa shape index (κ3) is 4.83. The lowest BCUT2D eigenvalue weighted by Crippen LogP contribution is -2.18. The Morgan fingerprint density at radius 2 is 1.77 bits per heavy atom. The van der Waals surface area contributed by atoms with Gasteiger partial charge >= 0.3 is 12.1 Å². The Hall–Kier alpha value is -4.28. The summed E-state index contributed by atoms with van der Waals surface area (Å²) in [6.07, 6.45) is -3.40. The molecule has 158 valence electrons. The van der Waals surface area contributed by atoms with Gasteiger partial charge in [0.2, 0.25) is 0 Å². The summed E-state index contributed by atoms with van der Waals surface area (Å²) in [5.41, 5.74) is 0.596. The Bertz CT molecular complexity index is 1310. The standard InChI is InChI=1S/C20H13F3N4O4/c21-20(22,23)31-14-6-1-3-11(9-14)18(28)25-12-4-2-5-13(10-12)30-15-7-8-24-17-16(15)26-19(29)27-17/h1-10H,(H,25,28)(H2,24,26,27,29). The first-order valence-electron chi connectivity index (χ1n) is 8.79. The lowest BCUT2D eigenvalue weighted by molar-refractivity contribution is -0.274. The number of imidazole rings is 1. The molecule has 2 aromatic carbocycles. The van der Waals surface area contributed by atoms with Crippen molar-refractivity contribution < 1.29 is 27.4 Å². The zero-order valence-corrected chi connectivity index (χ0v) is 15.5. The average Bonchev–Trinajstić information content (AvgIpc) is 3.08. The quantitative estimate of drug-likeness (QED) is 0.440. The van der Waals surface area contributed by atoms with Crippen molar-refractivity contribution in [1.29, 1.82) is 0 Å². The number of alkyl halides is 3. The number of nitrogens with one attached hydrogen (secondary N) is 3. The molecule has 3 N–H and O–H groups in total. The van der Waals surface area contributed by atoms with Crippen molar-refractivity contribution in [2.24, 2.45) is 0 Å². The first-order valence-corrected chi connectivity index (χ1v) is 8.79. The predicted molar refractivity (Wildman–Crippen MR) is 104 cm³/mol. The van der Waals surface area contributed by atoms with Gasteiger partial charge in [-0.05, 0) is 30.3 Å². The molecule has 11 heteroatoms. The number of aromatic nitrogens is 3. The molecule has 0 spiro atoms. The third-order valence-corrected chi connectivity index (χ3v) is 4.03. The smallest absolute Gasteiger partial charge is 0.455 e. The Labute approximate surface area is 171 Å². The van der Waals surface area contributed by atoms with E-state index in [1.165, 1.54) is 24.4 Å². The summed E-state index contributed by atoms with van der Waals surface area (Å²) in [6.45, 7) is 0. The summed E-state index contributed by atoms with van der Waals surface area (Å²) in [7, 11) is 0. The van der Waals surface area contributed by atoms with Gasteiger partial charge in [-0.15, -0.1) is 13.2 Å². The van der Waals surface area contributed by atoms with E-state index >= 15 is 0 Å². The highest BCUT2D eigenvalue weighted by atomic mass is 19.4. The van der Waals surface area contributed by atoms with Crippen molar-refractivity contribution in [1.82, 2.24) is 15.0 Å². The highest BCUT2D eigenvalue weighted by molar-refractivity contribution is 6.04. The van der Waals surface area contributed by atoms with Crippen LogP contribution < -0.4 is 20.5 Å². The van der Waals surface area contributed by atoms with Crippen LogP contribution in [0, 0.1) is 0 Å². The van der Waals surface area contributed by atoms with E-state index in [1.807, 2.05) is 0 Å². The number of aromatic amines is 2. The number of benzene rings is 2. The maximum absolute atomic E-state index is 12.4. The lowest BCUT2D eigenvalue weighted by atomic mass is 10.2. The fraction of sp³-hybridized carbons (Fsp3) is 0.0500. The van der Waals surface area contributed by atoms with Gasteiger partial charge in [-0.2, -0.15) is 0 Å². The second-order valence-electron chi connectivity index (χ2n) is 6.27. The summed E-state index contributed by atoms with van der Waals surface area (Å²) < 4.78 is 46.8. The van der Waals surface area contributed by atoms with E-state index in [4.69, 9.17) is 4.74 Å². The lowest BCUT2D eigenvalue weighted by Gasteiger charge is -2.11. The van der Waals surface area contributed by atoms with Crippen LogP contribution in [0.3, 0.4) is 0 Å². The Morgan fingerprint density at radius 3 is 2.58 bits per heavy atom. The molecule has 0 aliphatic rings. The van der Waals surface area contributed by atoms with Gasteiger partial charge in [0, 0.05) is 29.6 Å². The molecule has 1 amide bonds. The third-order valence-electron chi connectivity index (χ3n) is 4.03. The number of nitrogens with zero attached hydrogens (tertiary/aromatic N) is 1. The normalized spacial score (nSPS) is 11.3. The Balaban J connectivity index is 1.52. The maximum Gasteiger partial charge on any atom is 0.573 e. The minimum Gasteiger partial charge on any atom is -0.455 e. The summed E-state index contributed by atoms with van der Waals surface area (Å²) in [6, 6.07) is 12.6. The van der Waals surface area contributed by atoms with Crippen LogP contribution in [0.5, 0.6) is 17.2 Å². The molecule has 2 aromatic heterocycles. The second kappa shape index (κ2) is 7.86. The van der Waals surface area contributed by atoms with E-state index in [-0.39, 0.29) is 5.56 Å². The minimum absolute atomic E-state index is 0.0196. The number of hydrogen-bond donors (Lipinski definition) is 3. The van der Waals surface area contributed by atoms with Gasteiger partial charge in [0.15, 0.2) is 11.4 Å². The highest BCUT2D eigenvalue weighted by Crippen LogP contribution is 2.28. The first-order chi connectivity index (χ1) is 14.8. The number of amides is 1. The monoisotopic (exact) mass is 430 g/mol. The second-order valence-corrected chi connectivity index (χ2v) is 6.27. The van der Waals surface area contributed by atoms with E-state index in [2.05, 4.69) is 25.0 Å². The van der Waals surface area contributed by atoms with E-state index in [1.54, 1.807) is 24.3 Å². The first kappa shape index (κ1) is 20.0. The molecule has 0 aliphatic heterocycles. The van der Waals surface area contributed by atoms with Crippen LogP contribution in [0.1, 0.15) is 10.4 Å². The fourth-order valence-electron chi connectivity index (χ4n) is 2.80. The average molecular weight is 430 g/mol. The van der Waals surface area contributed by atoms with E-state index < -0.39 is 23.7 Å². The van der Waals surface area contributed by atoms with Gasteiger partial charge in [-0.25, -0.2) is 9.78 Å². The molecule has 0 radical (unpaired) electrons. The number of anilines is 1. The van der Waals surface area contributed by atoms with Crippen molar-refractivity contribution in [3.05, 3.63) is 76.8 Å². The molecule has 8 nitrogen and oxygen atoms in total.